The summed E-state index contributed by atoms with van der Waals surface area (Å²) in [5.41, 5.74) is 11.5. The third-order valence-electron chi connectivity index (χ3n) is 13.1. The number of nitrogens with zero attached hydrogens (tertiary/aromatic N) is 4. The molecule has 2 bridgehead atoms. The largest absolute Gasteiger partial charge is 0.496 e. The standard InChI is InChI=1S/C45H64N6O5/c1-27-37-22-33(45(37,3)4)23-38(27)48-44(54)42-41(28(2)52)40(24-46)56-51(42)26-30-13-12-15-36(43(30)55-9)31-19-32(21-35(20-31)50(7)8)39(53)18-29(25-49(5)6)17-34-14-10-11-16-47-34/h10-16,19-21,27-29,33,37-38,40-42,52H,17-18,22-26,46H2,1-9H3,(H,48,54)/t27-,28-,29+,33+,37-,38-,40-,41+,42-/m0/s1. The lowest BCUT2D eigenvalue weighted by atomic mass is 9.45. The van der Waals surface area contributed by atoms with E-state index in [1.165, 1.54) is 6.42 Å². The first kappa shape index (κ1) is 41.8. The molecular weight excluding hydrogens is 705 g/mol. The van der Waals surface area contributed by atoms with Crippen LogP contribution in [-0.4, -0.2) is 104 Å². The van der Waals surface area contributed by atoms with E-state index in [1.54, 1.807) is 25.3 Å². The Balaban J connectivity index is 1.28. The van der Waals surface area contributed by atoms with Gasteiger partial charge >= 0.3 is 0 Å². The molecule has 2 heterocycles. The monoisotopic (exact) mass is 768 g/mol. The number of anilines is 1. The summed E-state index contributed by atoms with van der Waals surface area (Å²) in [5, 5.41) is 16.1. The van der Waals surface area contributed by atoms with Gasteiger partial charge in [0.25, 0.3) is 0 Å². The van der Waals surface area contributed by atoms with E-state index < -0.39 is 24.2 Å². The number of amides is 1. The molecule has 7 rings (SSSR count). The summed E-state index contributed by atoms with van der Waals surface area (Å²) in [7, 11) is 9.64. The molecule has 304 valence electrons. The highest BCUT2D eigenvalue weighted by Gasteiger charge is 2.57. The molecule has 3 saturated carbocycles. The van der Waals surface area contributed by atoms with Gasteiger partial charge in [-0.3, -0.25) is 19.4 Å². The maximum Gasteiger partial charge on any atom is 0.240 e. The van der Waals surface area contributed by atoms with E-state index in [9.17, 15) is 14.7 Å². The van der Waals surface area contributed by atoms with E-state index in [-0.39, 0.29) is 36.7 Å². The van der Waals surface area contributed by atoms with Crippen LogP contribution in [0.25, 0.3) is 11.1 Å². The summed E-state index contributed by atoms with van der Waals surface area (Å²) in [6.45, 7) is 9.83. The molecule has 1 aromatic heterocycles. The molecule has 9 atom stereocenters. The second-order valence-corrected chi connectivity index (χ2v) is 17.7. The first-order valence-electron chi connectivity index (χ1n) is 20.3. The lowest BCUT2D eigenvalue weighted by molar-refractivity contribution is -0.175. The van der Waals surface area contributed by atoms with Crippen molar-refractivity contribution >= 4 is 17.4 Å². The number of aliphatic hydroxyl groups excluding tert-OH is 1. The average molecular weight is 769 g/mol. The number of fused-ring (bicyclic) bond motifs is 2. The number of hydrogen-bond donors (Lipinski definition) is 3. The average Bonchev–Trinajstić information content (AvgIpc) is 3.53. The number of ketones is 1. The number of benzene rings is 2. The van der Waals surface area contributed by atoms with E-state index in [0.717, 1.165) is 41.0 Å². The van der Waals surface area contributed by atoms with Gasteiger partial charge in [-0.15, -0.1) is 0 Å². The number of hydrogen-bond acceptors (Lipinski definition) is 10. The van der Waals surface area contributed by atoms with Gasteiger partial charge in [-0.25, -0.2) is 0 Å². The van der Waals surface area contributed by atoms with Crippen molar-refractivity contribution in [2.24, 2.45) is 40.7 Å². The van der Waals surface area contributed by atoms with Crippen LogP contribution in [0.15, 0.2) is 60.8 Å². The Kier molecular flexibility index (Phi) is 12.9. The van der Waals surface area contributed by atoms with Gasteiger partial charge in [0.15, 0.2) is 5.78 Å². The van der Waals surface area contributed by atoms with E-state index in [2.05, 4.69) is 42.0 Å². The highest BCUT2D eigenvalue weighted by Crippen LogP contribution is 2.61. The molecule has 3 aliphatic carbocycles. The Morgan fingerprint density at radius 1 is 1.11 bits per heavy atom. The van der Waals surface area contributed by atoms with Crippen LogP contribution in [0.5, 0.6) is 5.75 Å². The number of nitrogens with two attached hydrogens (primary N) is 1. The van der Waals surface area contributed by atoms with Crippen molar-refractivity contribution in [1.82, 2.24) is 20.3 Å². The highest BCUT2D eigenvalue weighted by atomic mass is 16.7. The predicted octanol–water partition coefficient (Wildman–Crippen LogP) is 5.44. The van der Waals surface area contributed by atoms with Crippen molar-refractivity contribution in [3.63, 3.8) is 0 Å². The summed E-state index contributed by atoms with van der Waals surface area (Å²) in [6, 6.07) is 17.1. The minimum absolute atomic E-state index is 0.0670. The zero-order valence-corrected chi connectivity index (χ0v) is 34.9. The lowest BCUT2D eigenvalue weighted by Gasteiger charge is -2.62. The summed E-state index contributed by atoms with van der Waals surface area (Å²) in [5.74, 6) is 1.64. The van der Waals surface area contributed by atoms with E-state index in [4.69, 9.17) is 15.3 Å². The number of rotatable bonds is 16. The maximum atomic E-state index is 14.3. The van der Waals surface area contributed by atoms with Crippen LogP contribution < -0.4 is 20.7 Å². The number of carbonyl (C=O) groups excluding carboxylic acids is 2. The molecule has 56 heavy (non-hydrogen) atoms. The van der Waals surface area contributed by atoms with Gasteiger partial charge in [-0.1, -0.05) is 45.0 Å². The molecular formula is C45H64N6O5. The number of carbonyl (C=O) groups is 2. The first-order valence-corrected chi connectivity index (χ1v) is 20.3. The predicted molar refractivity (Wildman–Crippen MR) is 221 cm³/mol. The number of pyridine rings is 1. The number of aromatic nitrogens is 1. The first-order chi connectivity index (χ1) is 26.6. The van der Waals surface area contributed by atoms with Crippen LogP contribution in [0, 0.1) is 35.0 Å². The van der Waals surface area contributed by atoms with Gasteiger partial charge in [0.05, 0.1) is 25.9 Å². The molecule has 3 aromatic rings. The molecule has 4 N–H and O–H groups in total. The minimum Gasteiger partial charge on any atom is -0.496 e. The van der Waals surface area contributed by atoms with Gasteiger partial charge in [-0.05, 0) is 105 Å². The Hall–Kier alpha value is -3.87. The fourth-order valence-corrected chi connectivity index (χ4v) is 9.97. The Morgan fingerprint density at radius 3 is 2.48 bits per heavy atom. The number of hydroxylamine groups is 2. The summed E-state index contributed by atoms with van der Waals surface area (Å²) in [6.07, 6.45) is 3.70. The SMILES string of the molecule is COc1c(CN2O[C@@H](CN)[C@@H]([C@H](C)O)[C@H]2C(=O)N[C@H]2C[C@H]3C[C@@H]([C@@H]2C)C3(C)C)cccc1-c1cc(C(=O)C[C@@H](Cc2ccccn2)CN(C)C)cc(N(C)C)c1. The number of aliphatic hydroxyl groups is 1. The topological polar surface area (TPSA) is 133 Å². The van der Waals surface area contributed by atoms with E-state index in [0.29, 0.717) is 47.3 Å². The number of methoxy groups -OCH3 is 1. The molecule has 11 nitrogen and oxygen atoms in total. The Bertz CT molecular complexity index is 1830. The van der Waals surface area contributed by atoms with Crippen LogP contribution in [0.4, 0.5) is 5.69 Å². The minimum atomic E-state index is -0.820. The maximum absolute atomic E-state index is 14.3. The smallest absolute Gasteiger partial charge is 0.240 e. The number of Topliss-reactive ketones (excluding diaryl/α,β-unsaturated/α-hetero) is 1. The Labute approximate surface area is 333 Å². The quantitative estimate of drug-likeness (QED) is 0.162. The van der Waals surface area contributed by atoms with Crippen LogP contribution in [-0.2, 0) is 22.6 Å². The normalized spacial score (nSPS) is 26.7. The van der Waals surface area contributed by atoms with Gasteiger partial charge in [-0.2, -0.15) is 5.06 Å². The lowest BCUT2D eigenvalue weighted by Crippen LogP contribution is -2.62. The zero-order valence-electron chi connectivity index (χ0n) is 34.9. The molecule has 4 aliphatic rings. The summed E-state index contributed by atoms with van der Waals surface area (Å²) < 4.78 is 6.14. The Morgan fingerprint density at radius 2 is 1.88 bits per heavy atom. The van der Waals surface area contributed by atoms with E-state index in [1.807, 2.05) is 81.6 Å². The molecule has 11 heteroatoms. The van der Waals surface area contributed by atoms with Crippen molar-refractivity contribution in [2.75, 3.05) is 53.3 Å². The van der Waals surface area contributed by atoms with Gasteiger partial charge in [0.2, 0.25) is 5.91 Å². The van der Waals surface area contributed by atoms with E-state index >= 15 is 0 Å². The van der Waals surface area contributed by atoms with Crippen molar-refractivity contribution < 1.29 is 24.3 Å². The van der Waals surface area contributed by atoms with Crippen molar-refractivity contribution in [3.8, 4) is 16.9 Å². The van der Waals surface area contributed by atoms with Gasteiger partial charge < -0.3 is 30.7 Å². The molecule has 1 aliphatic heterocycles. The molecule has 0 spiro atoms. The molecule has 4 fully saturated rings. The third-order valence-corrected chi connectivity index (χ3v) is 13.1. The van der Waals surface area contributed by atoms with Crippen LogP contribution >= 0.6 is 0 Å². The zero-order chi connectivity index (χ0) is 40.5. The van der Waals surface area contributed by atoms with Crippen LogP contribution in [0.3, 0.4) is 0 Å². The second-order valence-electron chi connectivity index (χ2n) is 17.7. The molecule has 1 saturated heterocycles. The fraction of sp³-hybridized carbons (Fsp3) is 0.578. The fourth-order valence-electron chi connectivity index (χ4n) is 9.97. The third kappa shape index (κ3) is 8.67. The summed E-state index contributed by atoms with van der Waals surface area (Å²) in [4.78, 5) is 43.5. The van der Waals surface area contributed by atoms with Crippen LogP contribution in [0.1, 0.15) is 68.6 Å². The highest BCUT2D eigenvalue weighted by molar-refractivity contribution is 5.99. The molecule has 0 radical (unpaired) electrons. The summed E-state index contributed by atoms with van der Waals surface area (Å²) >= 11 is 0. The number of nitrogens with one attached hydrogen (secondary N) is 1. The number of para-hydroxylation sites is 1. The van der Waals surface area contributed by atoms with Gasteiger partial charge in [0, 0.05) is 79.8 Å². The molecule has 1 amide bonds. The second kappa shape index (κ2) is 17.3. The number of ether oxygens (including phenoxy) is 1. The van der Waals surface area contributed by atoms with Gasteiger partial charge in [0.1, 0.15) is 11.8 Å². The molecule has 0 unspecified atom stereocenters. The van der Waals surface area contributed by atoms with Crippen molar-refractivity contribution in [2.45, 2.75) is 84.2 Å². The van der Waals surface area contributed by atoms with Crippen molar-refractivity contribution in [3.05, 3.63) is 77.6 Å². The molecule has 2 aromatic carbocycles. The van der Waals surface area contributed by atoms with Crippen molar-refractivity contribution in [1.29, 1.82) is 0 Å². The van der Waals surface area contributed by atoms with Crippen LogP contribution in [0.2, 0.25) is 0 Å².